The molecule has 0 amide bonds. The molecule has 0 aliphatic heterocycles. The predicted molar refractivity (Wildman–Crippen MR) is 106 cm³/mol. The number of pyridine rings is 1. The number of carbonyl (C=O) groups is 1. The number of ether oxygens (including phenoxy) is 1. The van der Waals surface area contributed by atoms with Crippen LogP contribution in [0.4, 0.5) is 13.2 Å². The molecule has 31 heavy (non-hydrogen) atoms. The maximum atomic E-state index is 12.7. The summed E-state index contributed by atoms with van der Waals surface area (Å²) in [6.07, 6.45) is 0.431. The number of hydrogen-bond acceptors (Lipinski definition) is 4. The minimum absolute atomic E-state index is 0.00810. The Hall–Kier alpha value is -3.36. The van der Waals surface area contributed by atoms with Crippen LogP contribution in [-0.4, -0.2) is 32.1 Å². The number of nitrogens with one attached hydrogen (secondary N) is 1. The number of rotatable bonds is 5. The fourth-order valence-electron chi connectivity index (χ4n) is 3.64. The van der Waals surface area contributed by atoms with Gasteiger partial charge in [0, 0.05) is 17.3 Å². The minimum Gasteiger partial charge on any atom is -0.490 e. The van der Waals surface area contributed by atoms with Crippen LogP contribution in [0.15, 0.2) is 48.8 Å². The molecule has 0 atom stereocenters. The molecule has 6 nitrogen and oxygen atoms in total. The number of imidazole rings is 1. The molecule has 1 aromatic carbocycles. The van der Waals surface area contributed by atoms with E-state index in [0.717, 1.165) is 11.8 Å². The molecule has 9 heteroatoms. The van der Waals surface area contributed by atoms with Crippen LogP contribution < -0.4 is 4.74 Å². The van der Waals surface area contributed by atoms with Crippen molar-refractivity contribution in [2.24, 2.45) is 5.92 Å². The highest BCUT2D eigenvalue weighted by atomic mass is 19.4. The summed E-state index contributed by atoms with van der Waals surface area (Å²) in [6, 6.07) is 10.7. The molecule has 0 spiro atoms. The van der Waals surface area contributed by atoms with Crippen molar-refractivity contribution in [3.05, 3.63) is 54.5 Å². The van der Waals surface area contributed by atoms with E-state index in [1.165, 1.54) is 6.20 Å². The predicted octanol–water partition coefficient (Wildman–Crippen LogP) is 5.18. The Kier molecular flexibility index (Phi) is 5.67. The second-order valence-electron chi connectivity index (χ2n) is 7.53. The molecule has 3 aromatic rings. The van der Waals surface area contributed by atoms with Gasteiger partial charge in [-0.15, -0.1) is 0 Å². The zero-order valence-corrected chi connectivity index (χ0v) is 16.4. The third kappa shape index (κ3) is 4.87. The standard InChI is InChI=1S/C22H20F3N3O3/c23-22(24,25)19-12-27-20(28-19)15-5-10-18(26-11-15)13-1-6-16(7-2-13)31-17-8-3-14(4-9-17)21(29)30/h1-2,5-7,10-12,14,17H,3-4,8-9H2,(H,27,28)(H,29,30). The van der Waals surface area contributed by atoms with E-state index in [1.807, 2.05) is 24.3 Å². The Bertz CT molecular complexity index is 1040. The molecule has 2 aromatic heterocycles. The lowest BCUT2D eigenvalue weighted by Gasteiger charge is -2.26. The lowest BCUT2D eigenvalue weighted by Crippen LogP contribution is -2.27. The van der Waals surface area contributed by atoms with Crippen molar-refractivity contribution in [1.29, 1.82) is 0 Å². The van der Waals surface area contributed by atoms with Gasteiger partial charge in [0.25, 0.3) is 0 Å². The van der Waals surface area contributed by atoms with E-state index in [-0.39, 0.29) is 17.8 Å². The summed E-state index contributed by atoms with van der Waals surface area (Å²) in [5, 5.41) is 9.07. The molecule has 0 saturated heterocycles. The van der Waals surface area contributed by atoms with Crippen molar-refractivity contribution in [3.8, 4) is 28.4 Å². The summed E-state index contributed by atoms with van der Waals surface area (Å²) < 4.78 is 44.1. The van der Waals surface area contributed by atoms with Crippen molar-refractivity contribution in [2.45, 2.75) is 38.0 Å². The van der Waals surface area contributed by atoms with Crippen molar-refractivity contribution in [2.75, 3.05) is 0 Å². The van der Waals surface area contributed by atoms with Crippen LogP contribution in [0.25, 0.3) is 22.6 Å². The number of nitrogens with zero attached hydrogens (tertiary/aromatic N) is 2. The second kappa shape index (κ2) is 8.41. The van der Waals surface area contributed by atoms with E-state index in [2.05, 4.69) is 15.0 Å². The third-order valence-corrected chi connectivity index (χ3v) is 5.39. The van der Waals surface area contributed by atoms with E-state index in [1.54, 1.807) is 12.1 Å². The normalized spacial score (nSPS) is 19.2. The summed E-state index contributed by atoms with van der Waals surface area (Å²) >= 11 is 0. The largest absolute Gasteiger partial charge is 0.490 e. The number of benzene rings is 1. The van der Waals surface area contributed by atoms with Gasteiger partial charge in [-0.1, -0.05) is 0 Å². The average molecular weight is 431 g/mol. The van der Waals surface area contributed by atoms with Gasteiger partial charge in [0.1, 0.15) is 17.3 Å². The van der Waals surface area contributed by atoms with Gasteiger partial charge < -0.3 is 14.8 Å². The molecular weight excluding hydrogens is 411 g/mol. The van der Waals surface area contributed by atoms with Gasteiger partial charge in [0.15, 0.2) is 0 Å². The first-order valence-electron chi connectivity index (χ1n) is 9.88. The number of carboxylic acids is 1. The van der Waals surface area contributed by atoms with Crippen molar-refractivity contribution >= 4 is 5.97 Å². The number of alkyl halides is 3. The highest BCUT2D eigenvalue weighted by Gasteiger charge is 2.33. The van der Waals surface area contributed by atoms with E-state index in [0.29, 0.717) is 42.7 Å². The van der Waals surface area contributed by atoms with Crippen LogP contribution in [0.2, 0.25) is 0 Å². The highest BCUT2D eigenvalue weighted by molar-refractivity contribution is 5.70. The molecule has 2 heterocycles. The quantitative estimate of drug-likeness (QED) is 0.581. The van der Waals surface area contributed by atoms with E-state index in [9.17, 15) is 18.0 Å². The van der Waals surface area contributed by atoms with Gasteiger partial charge in [-0.2, -0.15) is 13.2 Å². The Morgan fingerprint density at radius 1 is 0.968 bits per heavy atom. The molecule has 1 aliphatic rings. The maximum Gasteiger partial charge on any atom is 0.432 e. The summed E-state index contributed by atoms with van der Waals surface area (Å²) in [7, 11) is 0. The van der Waals surface area contributed by atoms with Crippen LogP contribution in [0.1, 0.15) is 31.4 Å². The van der Waals surface area contributed by atoms with Gasteiger partial charge >= 0.3 is 12.1 Å². The van der Waals surface area contributed by atoms with E-state index < -0.39 is 17.8 Å². The Morgan fingerprint density at radius 3 is 2.19 bits per heavy atom. The summed E-state index contributed by atoms with van der Waals surface area (Å²) in [5.41, 5.74) is 1.05. The molecule has 0 radical (unpaired) electrons. The molecule has 0 bridgehead atoms. The lowest BCUT2D eigenvalue weighted by atomic mass is 9.87. The van der Waals surface area contributed by atoms with Crippen molar-refractivity contribution in [1.82, 2.24) is 15.0 Å². The SMILES string of the molecule is O=C(O)C1CCC(Oc2ccc(-c3ccc(-c4ncc(C(F)(F)F)[nH]4)cn3)cc2)CC1. The molecule has 1 fully saturated rings. The molecule has 1 saturated carbocycles. The molecule has 4 rings (SSSR count). The fourth-order valence-corrected chi connectivity index (χ4v) is 3.64. The number of halogens is 3. The number of hydrogen-bond donors (Lipinski definition) is 2. The average Bonchev–Trinajstić information content (AvgIpc) is 3.26. The number of aromatic nitrogens is 3. The van der Waals surface area contributed by atoms with E-state index in [4.69, 9.17) is 9.84 Å². The van der Waals surface area contributed by atoms with Gasteiger partial charge in [0.2, 0.25) is 0 Å². The molecule has 1 aliphatic carbocycles. The number of carboxylic acid groups (broad SMARTS) is 1. The summed E-state index contributed by atoms with van der Waals surface area (Å²) in [4.78, 5) is 21.4. The van der Waals surface area contributed by atoms with Gasteiger partial charge in [-0.25, -0.2) is 4.98 Å². The molecular formula is C22H20F3N3O3. The van der Waals surface area contributed by atoms with Gasteiger partial charge in [-0.3, -0.25) is 9.78 Å². The van der Waals surface area contributed by atoms with Crippen LogP contribution in [-0.2, 0) is 11.0 Å². The van der Waals surface area contributed by atoms with Crippen LogP contribution in [0.5, 0.6) is 5.75 Å². The van der Waals surface area contributed by atoms with Crippen molar-refractivity contribution < 1.29 is 27.8 Å². The Labute approximate surface area is 176 Å². The first-order chi connectivity index (χ1) is 14.8. The minimum atomic E-state index is -4.47. The number of aromatic amines is 1. The van der Waals surface area contributed by atoms with Gasteiger partial charge in [0.05, 0.1) is 23.9 Å². The van der Waals surface area contributed by atoms with E-state index >= 15 is 0 Å². The monoisotopic (exact) mass is 431 g/mol. The van der Waals surface area contributed by atoms with Gasteiger partial charge in [-0.05, 0) is 62.1 Å². The Balaban J connectivity index is 1.39. The van der Waals surface area contributed by atoms with Crippen molar-refractivity contribution in [3.63, 3.8) is 0 Å². The lowest BCUT2D eigenvalue weighted by molar-refractivity contribution is -0.143. The first-order valence-corrected chi connectivity index (χ1v) is 9.88. The Morgan fingerprint density at radius 2 is 1.65 bits per heavy atom. The second-order valence-corrected chi connectivity index (χ2v) is 7.53. The maximum absolute atomic E-state index is 12.7. The summed E-state index contributed by atoms with van der Waals surface area (Å²) in [6.45, 7) is 0. The number of H-pyrrole nitrogens is 1. The topological polar surface area (TPSA) is 88.1 Å². The first kappa shape index (κ1) is 20.9. The zero-order valence-electron chi connectivity index (χ0n) is 16.4. The molecule has 2 N–H and O–H groups in total. The van der Waals surface area contributed by atoms with Crippen LogP contribution in [0.3, 0.4) is 0 Å². The molecule has 162 valence electrons. The van der Waals surface area contributed by atoms with Crippen LogP contribution in [0, 0.1) is 5.92 Å². The highest BCUT2D eigenvalue weighted by Crippen LogP contribution is 2.31. The molecule has 0 unspecified atom stereocenters. The fraction of sp³-hybridized carbons (Fsp3) is 0.318. The smallest absolute Gasteiger partial charge is 0.432 e. The zero-order chi connectivity index (χ0) is 22.0. The summed E-state index contributed by atoms with van der Waals surface area (Å²) in [5.74, 6) is -0.214. The van der Waals surface area contributed by atoms with Crippen LogP contribution >= 0.6 is 0 Å². The number of aliphatic carboxylic acids is 1. The third-order valence-electron chi connectivity index (χ3n) is 5.39.